The van der Waals surface area contributed by atoms with E-state index >= 15 is 0 Å². The highest BCUT2D eigenvalue weighted by atomic mass is 79.9. The van der Waals surface area contributed by atoms with Crippen molar-refractivity contribution < 1.29 is 4.79 Å². The first-order valence-electron chi connectivity index (χ1n) is 8.49. The van der Waals surface area contributed by atoms with Gasteiger partial charge in [0.25, 0.3) is 0 Å². The number of benzene rings is 2. The fourth-order valence-electron chi connectivity index (χ4n) is 2.78. The van der Waals surface area contributed by atoms with E-state index in [1.54, 1.807) is 11.1 Å². The maximum absolute atomic E-state index is 13.1. The van der Waals surface area contributed by atoms with Crippen molar-refractivity contribution in [1.29, 1.82) is 0 Å². The smallest absolute Gasteiger partial charge is 0.233 e. The molecule has 134 valence electrons. The molecule has 0 saturated carbocycles. The second-order valence-corrected chi connectivity index (χ2v) is 8.00. The summed E-state index contributed by atoms with van der Waals surface area (Å²) in [7, 11) is 0. The van der Waals surface area contributed by atoms with Crippen molar-refractivity contribution in [3.63, 3.8) is 0 Å². The average Bonchev–Trinajstić information content (AvgIpc) is 3.10. The Morgan fingerprint density at radius 3 is 2.63 bits per heavy atom. The lowest BCUT2D eigenvalue weighted by atomic mass is 10.1. The molecule has 4 aromatic rings. The minimum atomic E-state index is 0.00461. The van der Waals surface area contributed by atoms with Crippen LogP contribution in [0, 0.1) is 0 Å². The van der Waals surface area contributed by atoms with Crippen LogP contribution in [0.1, 0.15) is 11.3 Å². The lowest BCUT2D eigenvalue weighted by Gasteiger charge is -2.19. The van der Waals surface area contributed by atoms with Gasteiger partial charge in [0.1, 0.15) is 0 Å². The van der Waals surface area contributed by atoms with Gasteiger partial charge in [0.2, 0.25) is 5.91 Å². The number of pyridine rings is 1. The van der Waals surface area contributed by atoms with Crippen molar-refractivity contribution in [2.45, 2.75) is 13.0 Å². The minimum Gasteiger partial charge on any atom is -0.282 e. The predicted octanol–water partition coefficient (Wildman–Crippen LogP) is 5.23. The number of aromatic nitrogens is 2. The highest BCUT2D eigenvalue weighted by Crippen LogP contribution is 2.32. The third kappa shape index (κ3) is 4.23. The molecule has 2 aromatic heterocycles. The summed E-state index contributed by atoms with van der Waals surface area (Å²) in [4.78, 5) is 23.9. The third-order valence-electron chi connectivity index (χ3n) is 4.12. The molecule has 0 fully saturated rings. The molecule has 0 spiro atoms. The number of hydrogen-bond donors (Lipinski definition) is 0. The molecule has 0 N–H and O–H groups in total. The Morgan fingerprint density at radius 1 is 1.04 bits per heavy atom. The first kappa shape index (κ1) is 17.8. The van der Waals surface area contributed by atoms with Crippen molar-refractivity contribution in [2.24, 2.45) is 0 Å². The van der Waals surface area contributed by atoms with Gasteiger partial charge in [0.15, 0.2) is 5.13 Å². The second-order valence-electron chi connectivity index (χ2n) is 6.07. The number of fused-ring (bicyclic) bond motifs is 1. The molecule has 0 aliphatic rings. The third-order valence-corrected chi connectivity index (χ3v) is 5.65. The van der Waals surface area contributed by atoms with Crippen molar-refractivity contribution in [3.8, 4) is 0 Å². The standard InChI is InChI=1S/C21H16BrN3OS/c22-16-9-10-18-19(13-16)27-21(24-18)25(14-17-8-4-5-11-23-17)20(26)12-15-6-2-1-3-7-15/h1-11,13H,12,14H2. The van der Waals surface area contributed by atoms with E-state index < -0.39 is 0 Å². The summed E-state index contributed by atoms with van der Waals surface area (Å²) in [6.45, 7) is 0.396. The van der Waals surface area contributed by atoms with Gasteiger partial charge in [-0.2, -0.15) is 0 Å². The van der Waals surface area contributed by atoms with Gasteiger partial charge in [-0.15, -0.1) is 0 Å². The van der Waals surface area contributed by atoms with Crippen LogP contribution in [0.3, 0.4) is 0 Å². The Hall–Kier alpha value is -2.57. The van der Waals surface area contributed by atoms with E-state index in [0.717, 1.165) is 25.9 Å². The van der Waals surface area contributed by atoms with Crippen LogP contribution in [0.25, 0.3) is 10.2 Å². The summed E-state index contributed by atoms with van der Waals surface area (Å²) in [5.74, 6) is 0.00461. The molecule has 0 radical (unpaired) electrons. The monoisotopic (exact) mass is 437 g/mol. The van der Waals surface area contributed by atoms with Gasteiger partial charge in [0, 0.05) is 10.7 Å². The Balaban J connectivity index is 1.68. The first-order chi connectivity index (χ1) is 13.2. The van der Waals surface area contributed by atoms with E-state index in [1.165, 1.54) is 11.3 Å². The molecule has 4 nitrogen and oxygen atoms in total. The van der Waals surface area contributed by atoms with Crippen molar-refractivity contribution in [2.75, 3.05) is 4.90 Å². The summed E-state index contributed by atoms with van der Waals surface area (Å²) in [6, 6.07) is 21.4. The van der Waals surface area contributed by atoms with Crippen LogP contribution in [-0.2, 0) is 17.8 Å². The SMILES string of the molecule is O=C(Cc1ccccc1)N(Cc1ccccn1)c1nc2ccc(Br)cc2s1. The number of carbonyl (C=O) groups excluding carboxylic acids is 1. The van der Waals surface area contributed by atoms with Gasteiger partial charge < -0.3 is 0 Å². The molecule has 4 rings (SSSR count). The van der Waals surface area contributed by atoms with E-state index in [2.05, 4.69) is 25.9 Å². The van der Waals surface area contributed by atoms with E-state index in [9.17, 15) is 4.79 Å². The van der Waals surface area contributed by atoms with Gasteiger partial charge in [-0.05, 0) is 35.9 Å². The zero-order valence-electron chi connectivity index (χ0n) is 14.4. The van der Waals surface area contributed by atoms with E-state index in [1.807, 2.05) is 66.7 Å². The maximum Gasteiger partial charge on any atom is 0.233 e. The molecule has 0 saturated heterocycles. The molecular weight excluding hydrogens is 422 g/mol. The average molecular weight is 438 g/mol. The van der Waals surface area contributed by atoms with Crippen LogP contribution in [0.5, 0.6) is 0 Å². The molecule has 6 heteroatoms. The number of carbonyl (C=O) groups is 1. The molecule has 0 bridgehead atoms. The quantitative estimate of drug-likeness (QED) is 0.429. The Kier molecular flexibility index (Phi) is 5.27. The largest absolute Gasteiger partial charge is 0.282 e. The lowest BCUT2D eigenvalue weighted by molar-refractivity contribution is -0.118. The van der Waals surface area contributed by atoms with Crippen LogP contribution in [0.2, 0.25) is 0 Å². The van der Waals surface area contributed by atoms with Crippen molar-refractivity contribution >= 4 is 48.5 Å². The fraction of sp³-hybridized carbons (Fsp3) is 0.0952. The van der Waals surface area contributed by atoms with Crippen LogP contribution in [0.15, 0.2) is 77.4 Å². The normalized spacial score (nSPS) is 10.9. The molecule has 27 heavy (non-hydrogen) atoms. The Labute approximate surface area is 169 Å². The second kappa shape index (κ2) is 7.98. The Bertz CT molecular complexity index is 1070. The number of anilines is 1. The topological polar surface area (TPSA) is 46.1 Å². The molecule has 0 unspecified atom stereocenters. The predicted molar refractivity (Wildman–Crippen MR) is 113 cm³/mol. The summed E-state index contributed by atoms with van der Waals surface area (Å²) in [5, 5.41) is 0.690. The number of halogens is 1. The number of hydrogen-bond acceptors (Lipinski definition) is 4. The van der Waals surface area contributed by atoms with E-state index in [4.69, 9.17) is 0 Å². The van der Waals surface area contributed by atoms with Gasteiger partial charge in [-0.3, -0.25) is 14.7 Å². The van der Waals surface area contributed by atoms with Gasteiger partial charge in [-0.25, -0.2) is 4.98 Å². The zero-order chi connectivity index (χ0) is 18.6. The highest BCUT2D eigenvalue weighted by Gasteiger charge is 2.21. The van der Waals surface area contributed by atoms with Crippen molar-refractivity contribution in [3.05, 3.63) is 88.7 Å². The van der Waals surface area contributed by atoms with Gasteiger partial charge in [0.05, 0.1) is 28.9 Å². The van der Waals surface area contributed by atoms with Gasteiger partial charge in [-0.1, -0.05) is 63.7 Å². The van der Waals surface area contributed by atoms with Gasteiger partial charge >= 0.3 is 0 Å². The molecule has 0 aliphatic heterocycles. The summed E-state index contributed by atoms with van der Waals surface area (Å²) in [5.41, 5.74) is 2.70. The zero-order valence-corrected chi connectivity index (χ0v) is 16.8. The van der Waals surface area contributed by atoms with Crippen LogP contribution in [-0.4, -0.2) is 15.9 Å². The first-order valence-corrected chi connectivity index (χ1v) is 10.1. The Morgan fingerprint density at radius 2 is 1.85 bits per heavy atom. The lowest BCUT2D eigenvalue weighted by Crippen LogP contribution is -2.32. The fourth-order valence-corrected chi connectivity index (χ4v) is 4.32. The summed E-state index contributed by atoms with van der Waals surface area (Å²) < 4.78 is 2.04. The maximum atomic E-state index is 13.1. The number of nitrogens with zero attached hydrogens (tertiary/aromatic N) is 3. The summed E-state index contributed by atoms with van der Waals surface area (Å²) >= 11 is 5.01. The number of thiazole rings is 1. The van der Waals surface area contributed by atoms with E-state index in [0.29, 0.717) is 18.1 Å². The van der Waals surface area contributed by atoms with E-state index in [-0.39, 0.29) is 5.91 Å². The highest BCUT2D eigenvalue weighted by molar-refractivity contribution is 9.10. The van der Waals surface area contributed by atoms with Crippen LogP contribution >= 0.6 is 27.3 Å². The molecular formula is C21H16BrN3OS. The van der Waals surface area contributed by atoms with Crippen LogP contribution < -0.4 is 4.90 Å². The molecule has 1 amide bonds. The molecule has 0 atom stereocenters. The molecule has 0 aliphatic carbocycles. The minimum absolute atomic E-state index is 0.00461. The number of rotatable bonds is 5. The molecule has 2 aromatic carbocycles. The number of amides is 1. The van der Waals surface area contributed by atoms with Crippen molar-refractivity contribution in [1.82, 2.24) is 9.97 Å². The summed E-state index contributed by atoms with van der Waals surface area (Å²) in [6.07, 6.45) is 2.07. The molecule has 2 heterocycles. The van der Waals surface area contributed by atoms with Crippen LogP contribution in [0.4, 0.5) is 5.13 Å².